The van der Waals surface area contributed by atoms with Gasteiger partial charge in [-0.3, -0.25) is 4.79 Å². The highest BCUT2D eigenvalue weighted by Gasteiger charge is 2.45. The molecule has 4 aliphatic rings. The molecule has 7 rings (SSSR count). The smallest absolute Gasteiger partial charge is 0.226 e. The third-order valence-electron chi connectivity index (χ3n) is 8.20. The highest BCUT2D eigenvalue weighted by atomic mass is 35.5. The summed E-state index contributed by atoms with van der Waals surface area (Å²) in [5.41, 5.74) is 4.59. The number of nitriles is 1. The number of halogens is 1. The molecule has 3 heterocycles. The molecule has 0 bridgehead atoms. The van der Waals surface area contributed by atoms with E-state index in [-0.39, 0.29) is 12.0 Å². The molecule has 0 unspecified atom stereocenters. The van der Waals surface area contributed by atoms with Crippen molar-refractivity contribution < 1.29 is 4.79 Å². The van der Waals surface area contributed by atoms with E-state index in [1.807, 2.05) is 30.3 Å². The van der Waals surface area contributed by atoms with Gasteiger partial charge in [0.1, 0.15) is 17.0 Å². The molecule has 3 saturated carbocycles. The maximum atomic E-state index is 13.0. The van der Waals surface area contributed by atoms with Crippen LogP contribution >= 0.6 is 11.6 Å². The van der Waals surface area contributed by atoms with Gasteiger partial charge in [-0.25, -0.2) is 9.97 Å². The molecule has 1 atom stereocenters. The lowest BCUT2D eigenvalue weighted by atomic mass is 9.95. The number of piperazine rings is 1. The number of nitrogens with zero attached hydrogens (tertiary/aromatic N) is 5. The minimum Gasteiger partial charge on any atom is -0.352 e. The van der Waals surface area contributed by atoms with Crippen LogP contribution in [0.1, 0.15) is 55.7 Å². The Hall–Kier alpha value is -3.17. The lowest BCUT2D eigenvalue weighted by Gasteiger charge is -2.43. The van der Waals surface area contributed by atoms with Gasteiger partial charge in [0.2, 0.25) is 5.91 Å². The number of carbonyl (C=O) groups is 1. The highest BCUT2D eigenvalue weighted by Crippen LogP contribution is 2.47. The van der Waals surface area contributed by atoms with Crippen LogP contribution in [0.5, 0.6) is 0 Å². The first-order valence-electron chi connectivity index (χ1n) is 13.2. The number of amides is 1. The summed E-state index contributed by atoms with van der Waals surface area (Å²) in [5.74, 6) is 2.38. The number of aromatic nitrogens is 2. The average Bonchev–Trinajstić information content (AvgIpc) is 3.76. The van der Waals surface area contributed by atoms with Crippen LogP contribution in [0.3, 0.4) is 0 Å². The molecule has 6 nitrogen and oxygen atoms in total. The number of anilines is 1. The van der Waals surface area contributed by atoms with Gasteiger partial charge in [-0.1, -0.05) is 23.7 Å². The second kappa shape index (κ2) is 8.45. The van der Waals surface area contributed by atoms with Crippen molar-refractivity contribution in [1.29, 1.82) is 5.26 Å². The lowest BCUT2D eigenvalue weighted by Crippen LogP contribution is -2.57. The van der Waals surface area contributed by atoms with Crippen LogP contribution in [0.25, 0.3) is 22.0 Å². The van der Waals surface area contributed by atoms with E-state index in [0.717, 1.165) is 78.9 Å². The van der Waals surface area contributed by atoms with Crippen LogP contribution in [0.2, 0.25) is 5.15 Å². The van der Waals surface area contributed by atoms with Gasteiger partial charge in [0.15, 0.2) is 0 Å². The molecule has 2 aromatic heterocycles. The summed E-state index contributed by atoms with van der Waals surface area (Å²) in [5, 5.41) is 11.7. The Morgan fingerprint density at radius 1 is 1.00 bits per heavy atom. The fourth-order valence-electron chi connectivity index (χ4n) is 5.81. The van der Waals surface area contributed by atoms with Crippen LogP contribution in [0, 0.1) is 23.2 Å². The van der Waals surface area contributed by atoms with Crippen LogP contribution in [-0.2, 0) is 4.79 Å². The van der Waals surface area contributed by atoms with Gasteiger partial charge in [-0.2, -0.15) is 5.26 Å². The molecular formula is C29H28ClN5O. The third kappa shape index (κ3) is 3.90. The third-order valence-corrected chi connectivity index (χ3v) is 8.41. The molecule has 182 valence electrons. The van der Waals surface area contributed by atoms with Crippen LogP contribution in [0.15, 0.2) is 36.4 Å². The summed E-state index contributed by atoms with van der Waals surface area (Å²) in [4.78, 5) is 27.1. The summed E-state index contributed by atoms with van der Waals surface area (Å²) in [6.07, 6.45) is 6.70. The fourth-order valence-corrected chi connectivity index (χ4v) is 5.97. The highest BCUT2D eigenvalue weighted by molar-refractivity contribution is 6.29. The number of hydrogen-bond donors (Lipinski definition) is 0. The number of fused-ring (bicyclic) bond motifs is 1. The van der Waals surface area contributed by atoms with E-state index in [1.54, 1.807) is 0 Å². The van der Waals surface area contributed by atoms with Crippen molar-refractivity contribution in [3.63, 3.8) is 0 Å². The summed E-state index contributed by atoms with van der Waals surface area (Å²) in [6, 6.07) is 14.6. The van der Waals surface area contributed by atoms with Crippen LogP contribution in [0.4, 0.5) is 5.82 Å². The first-order chi connectivity index (χ1) is 17.6. The summed E-state index contributed by atoms with van der Waals surface area (Å²) >= 11 is 6.16. The second-order valence-corrected chi connectivity index (χ2v) is 11.2. The molecule has 7 heteroatoms. The van der Waals surface area contributed by atoms with Crippen molar-refractivity contribution in [2.75, 3.05) is 24.5 Å². The van der Waals surface area contributed by atoms with Crippen LogP contribution < -0.4 is 4.90 Å². The first kappa shape index (κ1) is 22.1. The summed E-state index contributed by atoms with van der Waals surface area (Å²) in [7, 11) is 0. The first-order valence-corrected chi connectivity index (χ1v) is 13.5. The van der Waals surface area contributed by atoms with Crippen molar-refractivity contribution in [3.05, 3.63) is 52.8 Å². The van der Waals surface area contributed by atoms with E-state index in [9.17, 15) is 10.1 Å². The topological polar surface area (TPSA) is 73.1 Å². The quantitative estimate of drug-likeness (QED) is 0.433. The Bertz CT molecular complexity index is 1420. The Morgan fingerprint density at radius 2 is 1.83 bits per heavy atom. The fraction of sp³-hybridized carbons (Fsp3) is 0.448. The van der Waals surface area contributed by atoms with E-state index < -0.39 is 0 Å². The van der Waals surface area contributed by atoms with E-state index in [0.29, 0.717) is 28.5 Å². The molecule has 36 heavy (non-hydrogen) atoms. The van der Waals surface area contributed by atoms with Gasteiger partial charge < -0.3 is 9.80 Å². The van der Waals surface area contributed by atoms with Crippen molar-refractivity contribution in [3.8, 4) is 17.2 Å². The minimum atomic E-state index is 0.234. The Balaban J connectivity index is 1.28. The molecule has 1 amide bonds. The number of carbonyl (C=O) groups excluding carboxylic acids is 1. The summed E-state index contributed by atoms with van der Waals surface area (Å²) in [6.45, 7) is 2.22. The molecule has 1 aromatic carbocycles. The van der Waals surface area contributed by atoms with Gasteiger partial charge in [0.05, 0.1) is 22.8 Å². The van der Waals surface area contributed by atoms with Gasteiger partial charge in [-0.05, 0) is 74.3 Å². The number of benzene rings is 1. The lowest BCUT2D eigenvalue weighted by molar-refractivity contribution is -0.135. The molecule has 3 aliphatic carbocycles. The SMILES string of the molecule is N#Cc1cc(-c2cccc3nc(Cl)ccc23)c(C2CC2)nc1N1CCN(C(=O)C2CC2)[C@H](C2CC2)C1. The second-order valence-electron chi connectivity index (χ2n) is 10.8. The number of hydrogen-bond acceptors (Lipinski definition) is 5. The number of rotatable bonds is 5. The number of pyridine rings is 2. The zero-order chi connectivity index (χ0) is 24.4. The van der Waals surface area contributed by atoms with Gasteiger partial charge >= 0.3 is 0 Å². The maximum Gasteiger partial charge on any atom is 0.226 e. The molecular weight excluding hydrogens is 470 g/mol. The average molecular weight is 498 g/mol. The molecule has 1 saturated heterocycles. The maximum absolute atomic E-state index is 13.0. The molecule has 0 radical (unpaired) electrons. The van der Waals surface area contributed by atoms with E-state index in [1.165, 1.54) is 12.8 Å². The van der Waals surface area contributed by atoms with Crippen molar-refractivity contribution in [2.45, 2.75) is 50.5 Å². The Morgan fingerprint density at radius 3 is 2.56 bits per heavy atom. The Labute approximate surface area is 215 Å². The van der Waals surface area contributed by atoms with E-state index in [2.05, 4.69) is 26.9 Å². The normalized spacial score (nSPS) is 22.1. The van der Waals surface area contributed by atoms with Gasteiger partial charge in [0.25, 0.3) is 0 Å². The molecule has 0 N–H and O–H groups in total. The van der Waals surface area contributed by atoms with Gasteiger partial charge in [-0.15, -0.1) is 0 Å². The van der Waals surface area contributed by atoms with Crippen molar-refractivity contribution in [1.82, 2.24) is 14.9 Å². The Kier molecular flexibility index (Phi) is 5.18. The zero-order valence-electron chi connectivity index (χ0n) is 20.2. The molecule has 4 fully saturated rings. The monoisotopic (exact) mass is 497 g/mol. The minimum absolute atomic E-state index is 0.234. The predicted octanol–water partition coefficient (Wildman–Crippen LogP) is 5.54. The summed E-state index contributed by atoms with van der Waals surface area (Å²) < 4.78 is 0. The predicted molar refractivity (Wildman–Crippen MR) is 140 cm³/mol. The largest absolute Gasteiger partial charge is 0.352 e. The molecule has 3 aromatic rings. The molecule has 0 spiro atoms. The van der Waals surface area contributed by atoms with Crippen molar-refractivity contribution >= 4 is 34.2 Å². The van der Waals surface area contributed by atoms with Crippen molar-refractivity contribution in [2.24, 2.45) is 11.8 Å². The molecule has 1 aliphatic heterocycles. The zero-order valence-corrected chi connectivity index (χ0v) is 20.9. The standard InChI is InChI=1S/C29H28ClN5O/c30-26-11-10-22-21(2-1-3-24(22)32-26)23-14-20(15-31)28(33-27(23)18-6-7-18)34-12-13-35(29(36)19-8-9-19)25(16-34)17-4-5-17/h1-3,10-11,14,17-19,25H,4-9,12-13,16H2/t25-/m0/s1. The van der Waals surface area contributed by atoms with Gasteiger partial charge in [0, 0.05) is 42.4 Å². The van der Waals surface area contributed by atoms with Crippen LogP contribution in [-0.4, -0.2) is 46.5 Å². The van der Waals surface area contributed by atoms with E-state index in [4.69, 9.17) is 16.6 Å². The van der Waals surface area contributed by atoms with E-state index >= 15 is 0 Å².